The molecule has 1 atom stereocenters. The van der Waals surface area contributed by atoms with Crippen LogP contribution in [0.3, 0.4) is 0 Å². The van der Waals surface area contributed by atoms with E-state index in [2.05, 4.69) is 10.1 Å². The summed E-state index contributed by atoms with van der Waals surface area (Å²) in [5.74, 6) is -0.472. The topological polar surface area (TPSA) is 94.2 Å². The maximum atomic E-state index is 12.6. The SMILES string of the molecule is COC(=O)c1ccc2c(c1)N(C)C(=O)[C@@H](NC(=O)OC(C)(C)C)CO2. The molecule has 2 amide bonds. The molecule has 1 aliphatic rings. The minimum absolute atomic E-state index is 0.0486. The highest BCUT2D eigenvalue weighted by Crippen LogP contribution is 2.31. The van der Waals surface area contributed by atoms with Gasteiger partial charge < -0.3 is 24.4 Å². The van der Waals surface area contributed by atoms with E-state index in [1.54, 1.807) is 40.0 Å². The van der Waals surface area contributed by atoms with Gasteiger partial charge in [-0.1, -0.05) is 0 Å². The van der Waals surface area contributed by atoms with Crippen LogP contribution in [-0.2, 0) is 14.3 Å². The lowest BCUT2D eigenvalue weighted by Crippen LogP contribution is -2.50. The smallest absolute Gasteiger partial charge is 0.408 e. The maximum Gasteiger partial charge on any atom is 0.408 e. The number of benzene rings is 1. The van der Waals surface area contributed by atoms with Crippen molar-refractivity contribution >= 4 is 23.7 Å². The predicted molar refractivity (Wildman–Crippen MR) is 89.8 cm³/mol. The van der Waals surface area contributed by atoms with E-state index in [0.717, 1.165) is 0 Å². The van der Waals surface area contributed by atoms with Crippen LogP contribution in [0.1, 0.15) is 31.1 Å². The first-order chi connectivity index (χ1) is 11.6. The van der Waals surface area contributed by atoms with Gasteiger partial charge in [-0.05, 0) is 39.0 Å². The Hall–Kier alpha value is -2.77. The van der Waals surface area contributed by atoms with Crippen LogP contribution in [0.15, 0.2) is 18.2 Å². The monoisotopic (exact) mass is 350 g/mol. The van der Waals surface area contributed by atoms with Gasteiger partial charge in [0.25, 0.3) is 5.91 Å². The van der Waals surface area contributed by atoms with E-state index >= 15 is 0 Å². The lowest BCUT2D eigenvalue weighted by molar-refractivity contribution is -0.120. The van der Waals surface area contributed by atoms with Crippen LogP contribution < -0.4 is 15.0 Å². The van der Waals surface area contributed by atoms with Crippen LogP contribution in [0.25, 0.3) is 0 Å². The Morgan fingerprint density at radius 1 is 1.32 bits per heavy atom. The number of rotatable bonds is 2. The van der Waals surface area contributed by atoms with Gasteiger partial charge >= 0.3 is 12.1 Å². The third kappa shape index (κ3) is 4.40. The van der Waals surface area contributed by atoms with E-state index in [-0.39, 0.29) is 12.5 Å². The number of amides is 2. The number of hydrogen-bond donors (Lipinski definition) is 1. The third-order valence-electron chi connectivity index (χ3n) is 3.47. The Morgan fingerprint density at radius 2 is 2.00 bits per heavy atom. The molecule has 0 spiro atoms. The van der Waals surface area contributed by atoms with E-state index in [9.17, 15) is 14.4 Å². The third-order valence-corrected chi connectivity index (χ3v) is 3.47. The molecule has 8 nitrogen and oxygen atoms in total. The van der Waals surface area contributed by atoms with Crippen molar-refractivity contribution in [3.63, 3.8) is 0 Å². The average molecular weight is 350 g/mol. The van der Waals surface area contributed by atoms with Gasteiger partial charge in [-0.2, -0.15) is 0 Å². The van der Waals surface area contributed by atoms with Crippen LogP contribution in [0, 0.1) is 0 Å². The number of carbonyl (C=O) groups is 3. The second kappa shape index (κ2) is 7.00. The fourth-order valence-electron chi connectivity index (χ4n) is 2.30. The molecule has 1 aromatic rings. The van der Waals surface area contributed by atoms with Crippen molar-refractivity contribution in [2.24, 2.45) is 0 Å². The van der Waals surface area contributed by atoms with Crippen molar-refractivity contribution in [3.05, 3.63) is 23.8 Å². The Morgan fingerprint density at radius 3 is 2.60 bits per heavy atom. The molecule has 0 bridgehead atoms. The van der Waals surface area contributed by atoms with E-state index in [1.807, 2.05) is 0 Å². The van der Waals surface area contributed by atoms with Crippen molar-refractivity contribution < 1.29 is 28.6 Å². The fraction of sp³-hybridized carbons (Fsp3) is 0.471. The van der Waals surface area contributed by atoms with Gasteiger partial charge in [0, 0.05) is 7.05 Å². The number of anilines is 1. The van der Waals surface area contributed by atoms with Crippen LogP contribution in [-0.4, -0.2) is 50.4 Å². The molecule has 0 unspecified atom stereocenters. The number of methoxy groups -OCH3 is 1. The summed E-state index contributed by atoms with van der Waals surface area (Å²) in [5, 5.41) is 2.51. The summed E-state index contributed by atoms with van der Waals surface area (Å²) in [5.41, 5.74) is 0.0349. The van der Waals surface area contributed by atoms with E-state index in [1.165, 1.54) is 18.1 Å². The molecular formula is C17H22N2O6. The van der Waals surface area contributed by atoms with Crippen molar-refractivity contribution in [2.75, 3.05) is 25.7 Å². The number of ether oxygens (including phenoxy) is 3. The molecule has 0 aliphatic carbocycles. The molecule has 1 heterocycles. The lowest BCUT2D eigenvalue weighted by atomic mass is 10.1. The van der Waals surface area contributed by atoms with Crippen LogP contribution in [0.4, 0.5) is 10.5 Å². The summed E-state index contributed by atoms with van der Waals surface area (Å²) in [6, 6.07) is 3.73. The standard InChI is InChI=1S/C17H22N2O6/c1-17(2,3)25-16(22)18-11-9-24-13-7-6-10(15(21)23-5)8-12(13)19(4)14(11)20/h6-8,11H,9H2,1-5H3,(H,18,22)/t11-/m0/s1. The number of nitrogens with zero attached hydrogens (tertiary/aromatic N) is 1. The second-order valence-electron chi connectivity index (χ2n) is 6.58. The Kier molecular flexibility index (Phi) is 5.20. The molecule has 2 rings (SSSR count). The minimum Gasteiger partial charge on any atom is -0.489 e. The lowest BCUT2D eigenvalue weighted by Gasteiger charge is -2.23. The highest BCUT2D eigenvalue weighted by molar-refractivity contribution is 6.01. The van der Waals surface area contributed by atoms with Crippen LogP contribution >= 0.6 is 0 Å². The zero-order valence-electron chi connectivity index (χ0n) is 14.9. The highest BCUT2D eigenvalue weighted by Gasteiger charge is 2.32. The van der Waals surface area contributed by atoms with E-state index < -0.39 is 23.7 Å². The molecule has 0 aromatic heterocycles. The van der Waals surface area contributed by atoms with Gasteiger partial charge in [-0.3, -0.25) is 4.79 Å². The molecule has 0 radical (unpaired) electrons. The summed E-state index contributed by atoms with van der Waals surface area (Å²) < 4.78 is 15.5. The number of nitrogens with one attached hydrogen (secondary N) is 1. The zero-order chi connectivity index (χ0) is 18.8. The molecule has 1 aliphatic heterocycles. The Bertz CT molecular complexity index is 695. The Labute approximate surface area is 146 Å². The first kappa shape index (κ1) is 18.6. The van der Waals surface area contributed by atoms with Crippen molar-refractivity contribution in [2.45, 2.75) is 32.4 Å². The van der Waals surface area contributed by atoms with Gasteiger partial charge in [0.05, 0.1) is 18.4 Å². The average Bonchev–Trinajstić information content (AvgIpc) is 2.64. The molecular weight excluding hydrogens is 328 g/mol. The van der Waals surface area contributed by atoms with Gasteiger partial charge in [0.1, 0.15) is 24.0 Å². The number of hydrogen-bond acceptors (Lipinski definition) is 6. The quantitative estimate of drug-likeness (QED) is 0.816. The van der Waals surface area contributed by atoms with Crippen molar-refractivity contribution in [1.82, 2.24) is 5.32 Å². The molecule has 1 aromatic carbocycles. The van der Waals surface area contributed by atoms with Gasteiger partial charge in [-0.15, -0.1) is 0 Å². The molecule has 25 heavy (non-hydrogen) atoms. The van der Waals surface area contributed by atoms with Crippen molar-refractivity contribution in [3.8, 4) is 5.75 Å². The molecule has 0 saturated heterocycles. The van der Waals surface area contributed by atoms with Gasteiger partial charge in [0.15, 0.2) is 0 Å². The predicted octanol–water partition coefficient (Wildman–Crippen LogP) is 1.72. The molecule has 136 valence electrons. The van der Waals surface area contributed by atoms with Gasteiger partial charge in [-0.25, -0.2) is 9.59 Å². The normalized spacial score (nSPS) is 17.1. The largest absolute Gasteiger partial charge is 0.489 e. The number of fused-ring (bicyclic) bond motifs is 1. The number of alkyl carbamates (subject to hydrolysis) is 1. The first-order valence-corrected chi connectivity index (χ1v) is 7.74. The number of likely N-dealkylation sites (N-methyl/N-ethyl adjacent to an activating group) is 1. The molecule has 1 N–H and O–H groups in total. The summed E-state index contributed by atoms with van der Waals surface area (Å²) in [7, 11) is 2.82. The first-order valence-electron chi connectivity index (χ1n) is 7.74. The highest BCUT2D eigenvalue weighted by atomic mass is 16.6. The summed E-state index contributed by atoms with van der Waals surface area (Å²) in [4.78, 5) is 37.6. The van der Waals surface area contributed by atoms with Crippen LogP contribution in [0.2, 0.25) is 0 Å². The molecule has 0 fully saturated rings. The second-order valence-corrected chi connectivity index (χ2v) is 6.58. The number of carbonyl (C=O) groups excluding carboxylic acids is 3. The van der Waals surface area contributed by atoms with Gasteiger partial charge in [0.2, 0.25) is 0 Å². The number of esters is 1. The summed E-state index contributed by atoms with van der Waals surface area (Å²) in [6.07, 6.45) is -0.705. The minimum atomic E-state index is -0.908. The van der Waals surface area contributed by atoms with E-state index in [4.69, 9.17) is 9.47 Å². The molecule has 8 heteroatoms. The zero-order valence-corrected chi connectivity index (χ0v) is 14.9. The maximum absolute atomic E-state index is 12.6. The summed E-state index contributed by atoms with van der Waals surface area (Å²) >= 11 is 0. The fourth-order valence-corrected chi connectivity index (χ4v) is 2.30. The molecule has 0 saturated carbocycles. The van der Waals surface area contributed by atoms with Crippen LogP contribution in [0.5, 0.6) is 5.75 Å². The van der Waals surface area contributed by atoms with E-state index in [0.29, 0.717) is 17.0 Å². The summed E-state index contributed by atoms with van der Waals surface area (Å²) in [6.45, 7) is 5.14. The Balaban J connectivity index is 2.20. The van der Waals surface area contributed by atoms with Crippen molar-refractivity contribution in [1.29, 1.82) is 0 Å².